The van der Waals surface area contributed by atoms with E-state index in [1.54, 1.807) is 0 Å². The number of nitrogens with one attached hydrogen (secondary N) is 2. The van der Waals surface area contributed by atoms with Crippen molar-refractivity contribution in [2.24, 2.45) is 4.99 Å². The van der Waals surface area contributed by atoms with Crippen molar-refractivity contribution in [3.05, 3.63) is 35.4 Å². The average molecular weight is 515 g/mol. The lowest BCUT2D eigenvalue weighted by molar-refractivity contribution is 0.120. The molecule has 0 aromatic heterocycles. The number of aliphatic hydroxyl groups is 1. The van der Waals surface area contributed by atoms with Crippen molar-refractivity contribution in [3.8, 4) is 0 Å². The molecule has 1 aromatic carbocycles. The Balaban J connectivity index is 0.00000300. The number of benzene rings is 1. The van der Waals surface area contributed by atoms with E-state index in [0.29, 0.717) is 12.6 Å². The zero-order valence-electron chi connectivity index (χ0n) is 17.9. The Kier molecular flexibility index (Phi) is 10.7. The molecule has 0 spiro atoms. The van der Waals surface area contributed by atoms with Crippen LogP contribution in [-0.2, 0) is 13.1 Å². The Labute approximate surface area is 193 Å². The third-order valence-corrected chi connectivity index (χ3v) is 5.83. The highest BCUT2D eigenvalue weighted by Gasteiger charge is 2.20. The van der Waals surface area contributed by atoms with E-state index < -0.39 is 0 Å². The average Bonchev–Trinajstić information content (AvgIpc) is 2.71. The highest BCUT2D eigenvalue weighted by Crippen LogP contribution is 2.18. The summed E-state index contributed by atoms with van der Waals surface area (Å²) in [5.74, 6) is 0.880. The second-order valence-electron chi connectivity index (χ2n) is 8.24. The molecule has 0 unspecified atom stereocenters. The molecule has 0 radical (unpaired) electrons. The van der Waals surface area contributed by atoms with Crippen molar-refractivity contribution in [2.45, 2.75) is 57.8 Å². The second-order valence-corrected chi connectivity index (χ2v) is 8.24. The molecule has 1 saturated carbocycles. The summed E-state index contributed by atoms with van der Waals surface area (Å²) >= 11 is 0. The lowest BCUT2D eigenvalue weighted by Gasteiger charge is -2.32. The van der Waals surface area contributed by atoms with Crippen molar-refractivity contribution in [1.29, 1.82) is 0 Å². The van der Waals surface area contributed by atoms with Crippen molar-refractivity contribution >= 4 is 29.9 Å². The Morgan fingerprint density at radius 3 is 2.28 bits per heavy atom. The molecule has 0 bridgehead atoms. The standard InChI is InChI=1S/C22H37N5O.HI/c1-3-23-22(25-20-8-10-21(28)11-9-20)24-16-18-4-6-19(7-5-18)17-27-14-12-26(2)13-15-27;/h4-7,20-21,28H,3,8-17H2,1-2H3,(H2,23,24,25);1H. The maximum absolute atomic E-state index is 9.68. The zero-order chi connectivity index (χ0) is 19.8. The van der Waals surface area contributed by atoms with Crippen molar-refractivity contribution in [2.75, 3.05) is 39.8 Å². The summed E-state index contributed by atoms with van der Waals surface area (Å²) in [7, 11) is 2.20. The van der Waals surface area contributed by atoms with Crippen LogP contribution in [0.4, 0.5) is 0 Å². The van der Waals surface area contributed by atoms with E-state index in [1.165, 1.54) is 11.1 Å². The number of rotatable bonds is 6. The Morgan fingerprint density at radius 2 is 1.66 bits per heavy atom. The van der Waals surface area contributed by atoms with Crippen LogP contribution in [0.3, 0.4) is 0 Å². The van der Waals surface area contributed by atoms with Gasteiger partial charge >= 0.3 is 0 Å². The summed E-state index contributed by atoms with van der Waals surface area (Å²) in [6.45, 7) is 9.28. The first kappa shape index (κ1) is 24.4. The number of likely N-dealkylation sites (N-methyl/N-ethyl adjacent to an activating group) is 1. The predicted octanol–water partition coefficient (Wildman–Crippen LogP) is 2.41. The van der Waals surface area contributed by atoms with Crippen molar-refractivity contribution in [1.82, 2.24) is 20.4 Å². The van der Waals surface area contributed by atoms with E-state index in [2.05, 4.69) is 58.7 Å². The molecule has 6 nitrogen and oxygen atoms in total. The number of halogens is 1. The van der Waals surface area contributed by atoms with E-state index in [-0.39, 0.29) is 30.1 Å². The quantitative estimate of drug-likeness (QED) is 0.309. The van der Waals surface area contributed by atoms with Crippen LogP contribution in [0.25, 0.3) is 0 Å². The number of nitrogens with zero attached hydrogens (tertiary/aromatic N) is 3. The number of hydrogen-bond acceptors (Lipinski definition) is 4. The number of hydrogen-bond donors (Lipinski definition) is 3. The lowest BCUT2D eigenvalue weighted by atomic mass is 9.93. The normalized spacial score (nSPS) is 24.0. The molecule has 29 heavy (non-hydrogen) atoms. The van der Waals surface area contributed by atoms with Crippen molar-refractivity contribution < 1.29 is 5.11 Å². The lowest BCUT2D eigenvalue weighted by Crippen LogP contribution is -2.45. The minimum atomic E-state index is -0.123. The first-order valence-electron chi connectivity index (χ1n) is 10.8. The molecule has 1 heterocycles. The van der Waals surface area contributed by atoms with Gasteiger partial charge in [0.25, 0.3) is 0 Å². The first-order valence-corrected chi connectivity index (χ1v) is 10.8. The molecule has 2 fully saturated rings. The summed E-state index contributed by atoms with van der Waals surface area (Å²) < 4.78 is 0. The molecule has 164 valence electrons. The van der Waals surface area contributed by atoms with Crippen LogP contribution in [0.2, 0.25) is 0 Å². The van der Waals surface area contributed by atoms with Crippen molar-refractivity contribution in [3.63, 3.8) is 0 Å². The fourth-order valence-corrected chi connectivity index (χ4v) is 3.92. The van der Waals surface area contributed by atoms with Gasteiger partial charge in [0.2, 0.25) is 0 Å². The summed E-state index contributed by atoms with van der Waals surface area (Å²) in [6.07, 6.45) is 3.65. The number of guanidine groups is 1. The Bertz CT molecular complexity index is 608. The van der Waals surface area contributed by atoms with Gasteiger partial charge in [0.15, 0.2) is 5.96 Å². The Hall–Kier alpha value is -0.900. The molecular weight excluding hydrogens is 477 g/mol. The third kappa shape index (κ3) is 8.39. The highest BCUT2D eigenvalue weighted by molar-refractivity contribution is 14.0. The summed E-state index contributed by atoms with van der Waals surface area (Å²) in [5, 5.41) is 16.6. The van der Waals surface area contributed by atoms with Gasteiger partial charge in [0, 0.05) is 45.3 Å². The van der Waals surface area contributed by atoms with Crippen LogP contribution in [0.5, 0.6) is 0 Å². The minimum Gasteiger partial charge on any atom is -0.393 e. The highest BCUT2D eigenvalue weighted by atomic mass is 127. The Morgan fingerprint density at radius 1 is 1.03 bits per heavy atom. The molecular formula is C22H38IN5O. The molecule has 1 aliphatic carbocycles. The second kappa shape index (κ2) is 12.7. The van der Waals surface area contributed by atoms with Gasteiger partial charge < -0.3 is 20.6 Å². The van der Waals surface area contributed by atoms with Crippen LogP contribution in [-0.4, -0.2) is 72.8 Å². The maximum atomic E-state index is 9.68. The molecule has 1 aliphatic heterocycles. The smallest absolute Gasteiger partial charge is 0.191 e. The van der Waals surface area contributed by atoms with Crippen LogP contribution < -0.4 is 10.6 Å². The van der Waals surface area contributed by atoms with Gasteiger partial charge in [-0.2, -0.15) is 0 Å². The molecule has 0 amide bonds. The molecule has 7 heteroatoms. The SMILES string of the molecule is CCNC(=NCc1ccc(CN2CCN(C)CC2)cc1)NC1CCC(O)CC1.I. The molecule has 0 atom stereocenters. The van der Waals surface area contributed by atoms with E-state index in [0.717, 1.165) is 70.9 Å². The zero-order valence-corrected chi connectivity index (χ0v) is 20.3. The van der Waals surface area contributed by atoms with E-state index in [1.807, 2.05) is 0 Å². The van der Waals surface area contributed by atoms with Gasteiger partial charge in [-0.3, -0.25) is 4.90 Å². The van der Waals surface area contributed by atoms with Gasteiger partial charge in [0.1, 0.15) is 0 Å². The maximum Gasteiger partial charge on any atom is 0.191 e. The summed E-state index contributed by atoms with van der Waals surface area (Å²) in [6, 6.07) is 9.30. The fourth-order valence-electron chi connectivity index (χ4n) is 3.92. The monoisotopic (exact) mass is 515 g/mol. The minimum absolute atomic E-state index is 0. The van der Waals surface area contributed by atoms with Gasteiger partial charge in [0.05, 0.1) is 12.6 Å². The first-order chi connectivity index (χ1) is 13.6. The van der Waals surface area contributed by atoms with Crippen LogP contribution in [0.15, 0.2) is 29.3 Å². The van der Waals surface area contributed by atoms with Gasteiger partial charge in [-0.1, -0.05) is 24.3 Å². The largest absolute Gasteiger partial charge is 0.393 e. The number of aliphatic hydroxyl groups excluding tert-OH is 1. The van der Waals surface area contributed by atoms with E-state index >= 15 is 0 Å². The van der Waals surface area contributed by atoms with Crippen LogP contribution in [0, 0.1) is 0 Å². The number of aliphatic imine (C=N–C) groups is 1. The third-order valence-electron chi connectivity index (χ3n) is 5.83. The van der Waals surface area contributed by atoms with Crippen LogP contribution in [0.1, 0.15) is 43.7 Å². The van der Waals surface area contributed by atoms with Gasteiger partial charge in [-0.25, -0.2) is 4.99 Å². The topological polar surface area (TPSA) is 63.1 Å². The molecule has 1 aromatic rings. The fraction of sp³-hybridized carbons (Fsp3) is 0.682. The number of piperazine rings is 1. The van der Waals surface area contributed by atoms with E-state index in [9.17, 15) is 5.11 Å². The van der Waals surface area contributed by atoms with Crippen LogP contribution >= 0.6 is 24.0 Å². The summed E-state index contributed by atoms with van der Waals surface area (Å²) in [4.78, 5) is 9.69. The molecule has 3 rings (SSSR count). The molecule has 2 aliphatic rings. The van der Waals surface area contributed by atoms with Gasteiger partial charge in [-0.05, 0) is 50.8 Å². The predicted molar refractivity (Wildman–Crippen MR) is 131 cm³/mol. The molecule has 3 N–H and O–H groups in total. The molecule has 1 saturated heterocycles. The van der Waals surface area contributed by atoms with E-state index in [4.69, 9.17) is 4.99 Å². The summed E-state index contributed by atoms with van der Waals surface area (Å²) in [5.41, 5.74) is 2.61. The van der Waals surface area contributed by atoms with Gasteiger partial charge in [-0.15, -0.1) is 24.0 Å².